The third-order valence-electron chi connectivity index (χ3n) is 6.31. The predicted octanol–water partition coefficient (Wildman–Crippen LogP) is 6.06. The van der Waals surface area contributed by atoms with Gasteiger partial charge in [-0.15, -0.1) is 0 Å². The first-order chi connectivity index (χ1) is 16.0. The van der Waals surface area contributed by atoms with E-state index in [1.54, 1.807) is 36.4 Å². The van der Waals surface area contributed by atoms with Gasteiger partial charge in [-0.25, -0.2) is 9.59 Å². The predicted molar refractivity (Wildman–Crippen MR) is 120 cm³/mol. The molecular formula is C26H23F3O5. The van der Waals surface area contributed by atoms with Gasteiger partial charge in [0.25, 0.3) is 0 Å². The highest BCUT2D eigenvalue weighted by Gasteiger charge is 2.66. The Bertz CT molecular complexity index is 1300. The number of carbonyl (C=O) groups excluding carboxylic acids is 1. The van der Waals surface area contributed by atoms with Gasteiger partial charge < -0.3 is 13.9 Å². The Kier molecular flexibility index (Phi) is 6.02. The summed E-state index contributed by atoms with van der Waals surface area (Å²) < 4.78 is 58.8. The maximum atomic E-state index is 14.2. The van der Waals surface area contributed by atoms with E-state index in [0.717, 1.165) is 6.92 Å². The molecule has 4 rings (SSSR count). The molecular weight excluding hydrogens is 449 g/mol. The summed E-state index contributed by atoms with van der Waals surface area (Å²) in [7, 11) is 0. The minimum Gasteiger partial charge on any atom is -0.489 e. The minimum absolute atomic E-state index is 0.0111. The normalized spacial score (nSPS) is 22.5. The quantitative estimate of drug-likeness (QED) is 0.257. The van der Waals surface area contributed by atoms with Crippen LogP contribution in [0.15, 0.2) is 76.0 Å². The Morgan fingerprint density at radius 2 is 1.76 bits per heavy atom. The molecule has 1 aliphatic carbocycles. The van der Waals surface area contributed by atoms with Crippen molar-refractivity contribution in [3.8, 4) is 16.9 Å². The molecule has 1 aliphatic rings. The van der Waals surface area contributed by atoms with Gasteiger partial charge in [0.1, 0.15) is 29.0 Å². The number of hydrogen-bond donors (Lipinski definition) is 0. The van der Waals surface area contributed by atoms with Crippen LogP contribution >= 0.6 is 0 Å². The fourth-order valence-electron chi connectivity index (χ4n) is 4.22. The molecule has 0 spiro atoms. The second-order valence-corrected chi connectivity index (χ2v) is 8.65. The lowest BCUT2D eigenvalue weighted by Crippen LogP contribution is -2.51. The number of benzene rings is 2. The third-order valence-corrected chi connectivity index (χ3v) is 6.31. The Balaban J connectivity index is 1.64. The number of carbonyl (C=O) groups is 1. The molecule has 3 atom stereocenters. The van der Waals surface area contributed by atoms with Crippen molar-refractivity contribution in [2.24, 2.45) is 5.41 Å². The van der Waals surface area contributed by atoms with Gasteiger partial charge in [-0.05, 0) is 50.5 Å². The molecule has 0 N–H and O–H groups in total. The molecule has 5 nitrogen and oxygen atoms in total. The zero-order valence-corrected chi connectivity index (χ0v) is 18.6. The topological polar surface area (TPSA) is 65.7 Å². The molecule has 1 aromatic heterocycles. The van der Waals surface area contributed by atoms with Gasteiger partial charge in [-0.2, -0.15) is 13.2 Å². The zero-order chi connectivity index (χ0) is 24.7. The number of ether oxygens (including phenoxy) is 2. The summed E-state index contributed by atoms with van der Waals surface area (Å²) in [4.78, 5) is 24.4. The molecule has 3 aromatic rings. The van der Waals surface area contributed by atoms with Crippen LogP contribution in [0.5, 0.6) is 5.75 Å². The average molecular weight is 472 g/mol. The molecule has 34 heavy (non-hydrogen) atoms. The first-order valence-electron chi connectivity index (χ1n) is 10.7. The van der Waals surface area contributed by atoms with Crippen molar-refractivity contribution in [1.82, 2.24) is 0 Å². The van der Waals surface area contributed by atoms with Crippen LogP contribution in [0.3, 0.4) is 0 Å². The van der Waals surface area contributed by atoms with Crippen molar-refractivity contribution in [3.63, 3.8) is 0 Å². The first kappa shape index (κ1) is 23.6. The third kappa shape index (κ3) is 4.20. The van der Waals surface area contributed by atoms with Gasteiger partial charge in [-0.1, -0.05) is 36.9 Å². The summed E-state index contributed by atoms with van der Waals surface area (Å²) in [5.74, 6) is -0.752. The molecule has 2 aromatic carbocycles. The second kappa shape index (κ2) is 8.66. The second-order valence-electron chi connectivity index (χ2n) is 8.65. The Hall–Kier alpha value is -3.55. The van der Waals surface area contributed by atoms with Gasteiger partial charge in [0.15, 0.2) is 0 Å². The lowest BCUT2D eigenvalue weighted by atomic mass is 9.83. The number of rotatable bonds is 5. The van der Waals surface area contributed by atoms with E-state index in [1.165, 1.54) is 19.1 Å². The molecule has 0 aliphatic heterocycles. The van der Waals surface area contributed by atoms with E-state index in [9.17, 15) is 22.8 Å². The van der Waals surface area contributed by atoms with Crippen molar-refractivity contribution in [2.75, 3.05) is 0 Å². The van der Waals surface area contributed by atoms with Crippen LogP contribution in [0.25, 0.3) is 22.1 Å². The monoisotopic (exact) mass is 472 g/mol. The standard InChI is InChI=1S/C26H23F3O5/c1-15(2)23(30)34-22-12-11-21(25(22,3)26(27,28)29)32-18-10-9-17-13-19(16-7-5-4-6-8-16)24(31)33-20(17)14-18/h4-10,13-14,21-22H,1,11-12H2,2-3H3. The fourth-order valence-corrected chi connectivity index (χ4v) is 4.22. The molecule has 0 saturated heterocycles. The molecule has 0 bridgehead atoms. The highest BCUT2D eigenvalue weighted by Crippen LogP contribution is 2.53. The van der Waals surface area contributed by atoms with Crippen molar-refractivity contribution in [1.29, 1.82) is 0 Å². The van der Waals surface area contributed by atoms with Crippen LogP contribution in [-0.2, 0) is 9.53 Å². The van der Waals surface area contributed by atoms with E-state index >= 15 is 0 Å². The SMILES string of the molecule is C=C(C)C(=O)OC1CCC(Oc2ccc3cc(-c4ccccc4)c(=O)oc3c2)C1(C)C(F)(F)F. The fraction of sp³-hybridized carbons (Fsp3) is 0.308. The molecule has 1 heterocycles. The van der Waals surface area contributed by atoms with Crippen molar-refractivity contribution in [3.05, 3.63) is 77.2 Å². The number of esters is 1. The van der Waals surface area contributed by atoms with Crippen LogP contribution in [0, 0.1) is 5.41 Å². The van der Waals surface area contributed by atoms with E-state index in [2.05, 4.69) is 6.58 Å². The highest BCUT2D eigenvalue weighted by atomic mass is 19.4. The van der Waals surface area contributed by atoms with Crippen molar-refractivity contribution >= 4 is 16.9 Å². The summed E-state index contributed by atoms with van der Waals surface area (Å²) in [6, 6.07) is 15.2. The Morgan fingerprint density at radius 3 is 2.41 bits per heavy atom. The van der Waals surface area contributed by atoms with Crippen LogP contribution in [0.2, 0.25) is 0 Å². The first-order valence-corrected chi connectivity index (χ1v) is 10.7. The average Bonchev–Trinajstić information content (AvgIpc) is 3.10. The van der Waals surface area contributed by atoms with E-state index in [1.807, 2.05) is 6.07 Å². The van der Waals surface area contributed by atoms with Crippen LogP contribution < -0.4 is 10.4 Å². The number of fused-ring (bicyclic) bond motifs is 1. The lowest BCUT2D eigenvalue weighted by molar-refractivity contribution is -0.262. The molecule has 178 valence electrons. The highest BCUT2D eigenvalue weighted by molar-refractivity contribution is 5.87. The van der Waals surface area contributed by atoms with Gasteiger partial charge in [0, 0.05) is 17.0 Å². The van der Waals surface area contributed by atoms with Crippen LogP contribution in [-0.4, -0.2) is 24.4 Å². The molecule has 3 unspecified atom stereocenters. The smallest absolute Gasteiger partial charge is 0.401 e. The summed E-state index contributed by atoms with van der Waals surface area (Å²) in [6.45, 7) is 5.80. The number of alkyl halides is 3. The lowest BCUT2D eigenvalue weighted by Gasteiger charge is -2.37. The minimum atomic E-state index is -4.69. The summed E-state index contributed by atoms with van der Waals surface area (Å²) in [5, 5.41) is 0.601. The molecule has 8 heteroatoms. The van der Waals surface area contributed by atoms with Gasteiger partial charge in [0.2, 0.25) is 0 Å². The number of halogens is 3. The van der Waals surface area contributed by atoms with E-state index in [0.29, 0.717) is 16.5 Å². The van der Waals surface area contributed by atoms with Gasteiger partial charge in [-0.3, -0.25) is 0 Å². The molecule has 1 saturated carbocycles. The zero-order valence-electron chi connectivity index (χ0n) is 18.6. The summed E-state index contributed by atoms with van der Waals surface area (Å²) in [6.07, 6.45) is -7.39. The van der Waals surface area contributed by atoms with Crippen molar-refractivity contribution < 1.29 is 31.9 Å². The van der Waals surface area contributed by atoms with Crippen LogP contribution in [0.1, 0.15) is 26.7 Å². The van der Waals surface area contributed by atoms with Gasteiger partial charge >= 0.3 is 17.8 Å². The maximum absolute atomic E-state index is 14.2. The van der Waals surface area contributed by atoms with Crippen molar-refractivity contribution in [2.45, 2.75) is 45.1 Å². The molecule has 0 radical (unpaired) electrons. The Morgan fingerprint density at radius 1 is 1.09 bits per heavy atom. The van der Waals surface area contributed by atoms with Crippen LogP contribution in [0.4, 0.5) is 13.2 Å². The number of hydrogen-bond acceptors (Lipinski definition) is 5. The molecule has 1 fully saturated rings. The Labute approximate surface area is 193 Å². The van der Waals surface area contributed by atoms with E-state index < -0.39 is 35.4 Å². The van der Waals surface area contributed by atoms with E-state index in [4.69, 9.17) is 13.9 Å². The maximum Gasteiger partial charge on any atom is 0.401 e. The largest absolute Gasteiger partial charge is 0.489 e. The molecule has 0 amide bonds. The summed E-state index contributed by atoms with van der Waals surface area (Å²) >= 11 is 0. The van der Waals surface area contributed by atoms with Gasteiger partial charge in [0.05, 0.1) is 5.56 Å². The van der Waals surface area contributed by atoms with E-state index in [-0.39, 0.29) is 29.7 Å². The summed E-state index contributed by atoms with van der Waals surface area (Å²) in [5.41, 5.74) is -1.70.